The molecule has 0 saturated heterocycles. The van der Waals surface area contributed by atoms with Crippen LogP contribution in [0.15, 0.2) is 43.1 Å². The van der Waals surface area contributed by atoms with Crippen molar-refractivity contribution in [1.82, 2.24) is 4.98 Å². The fraction of sp³-hybridized carbons (Fsp3) is 0.125. The number of aromatic nitrogens is 1. The molecule has 0 atom stereocenters. The molecule has 0 aliphatic rings. The third-order valence-corrected chi connectivity index (χ3v) is 2.96. The van der Waals surface area contributed by atoms with Crippen molar-refractivity contribution < 1.29 is 14.6 Å². The number of aryl methyl sites for hydroxylation is 1. The highest BCUT2D eigenvalue weighted by Gasteiger charge is 2.08. The minimum atomic E-state index is -0.972. The number of carbonyl (C=O) groups is 1. The number of hydrogen-bond acceptors (Lipinski definition) is 3. The minimum absolute atomic E-state index is 0.210. The molecule has 0 aliphatic carbocycles. The number of pyridine rings is 1. The summed E-state index contributed by atoms with van der Waals surface area (Å²) in [6.45, 7) is 5.98. The second kappa shape index (κ2) is 6.02. The molecule has 0 radical (unpaired) electrons. The Morgan fingerprint density at radius 2 is 2.25 bits per heavy atom. The Balaban J connectivity index is 2.19. The van der Waals surface area contributed by atoms with E-state index in [9.17, 15) is 4.79 Å². The van der Waals surface area contributed by atoms with Crippen LogP contribution in [0.5, 0.6) is 5.75 Å². The Bertz CT molecular complexity index is 650. The summed E-state index contributed by atoms with van der Waals surface area (Å²) in [5.41, 5.74) is 2.76. The van der Waals surface area contributed by atoms with Gasteiger partial charge in [-0.2, -0.15) is 0 Å². The van der Waals surface area contributed by atoms with E-state index in [1.807, 2.05) is 19.1 Å². The van der Waals surface area contributed by atoms with Crippen molar-refractivity contribution in [3.63, 3.8) is 0 Å². The van der Waals surface area contributed by atoms with E-state index in [2.05, 4.69) is 11.6 Å². The van der Waals surface area contributed by atoms with Crippen molar-refractivity contribution in [2.75, 3.05) is 0 Å². The van der Waals surface area contributed by atoms with Crippen LogP contribution in [0.2, 0.25) is 0 Å². The molecule has 1 aromatic carbocycles. The molecular weight excluding hydrogens is 254 g/mol. The van der Waals surface area contributed by atoms with E-state index >= 15 is 0 Å². The predicted octanol–water partition coefficient (Wildman–Crippen LogP) is 3.31. The Hall–Kier alpha value is -2.62. The molecule has 2 aromatic rings. The summed E-state index contributed by atoms with van der Waals surface area (Å²) in [7, 11) is 0. The largest absolute Gasteiger partial charge is 0.487 e. The first-order chi connectivity index (χ1) is 9.61. The summed E-state index contributed by atoms with van der Waals surface area (Å²) < 4.78 is 5.70. The lowest BCUT2D eigenvalue weighted by molar-refractivity contribution is 0.0697. The van der Waals surface area contributed by atoms with Gasteiger partial charge in [0.15, 0.2) is 0 Å². The fourth-order valence-corrected chi connectivity index (χ4v) is 1.79. The van der Waals surface area contributed by atoms with Crippen LogP contribution in [0.3, 0.4) is 0 Å². The molecule has 0 bridgehead atoms. The average molecular weight is 269 g/mol. The van der Waals surface area contributed by atoms with E-state index in [0.29, 0.717) is 17.9 Å². The number of benzene rings is 1. The van der Waals surface area contributed by atoms with E-state index in [1.54, 1.807) is 18.3 Å². The molecule has 20 heavy (non-hydrogen) atoms. The van der Waals surface area contributed by atoms with Gasteiger partial charge < -0.3 is 9.84 Å². The Labute approximate surface area is 117 Å². The molecule has 2 rings (SSSR count). The first-order valence-electron chi connectivity index (χ1n) is 6.15. The zero-order valence-corrected chi connectivity index (χ0v) is 11.2. The van der Waals surface area contributed by atoms with Crippen molar-refractivity contribution in [1.29, 1.82) is 0 Å². The van der Waals surface area contributed by atoms with Gasteiger partial charge in [0.1, 0.15) is 12.4 Å². The van der Waals surface area contributed by atoms with Gasteiger partial charge in [0.05, 0.1) is 11.3 Å². The van der Waals surface area contributed by atoms with Crippen LogP contribution in [0.1, 0.15) is 27.2 Å². The molecule has 0 aliphatic heterocycles. The lowest BCUT2D eigenvalue weighted by atomic mass is 10.1. The lowest BCUT2D eigenvalue weighted by Gasteiger charge is -2.10. The lowest BCUT2D eigenvalue weighted by Crippen LogP contribution is -2.03. The predicted molar refractivity (Wildman–Crippen MR) is 76.8 cm³/mol. The summed E-state index contributed by atoms with van der Waals surface area (Å²) >= 11 is 0. The van der Waals surface area contributed by atoms with Crippen LogP contribution < -0.4 is 4.74 Å². The number of hydrogen-bond donors (Lipinski definition) is 1. The van der Waals surface area contributed by atoms with Crippen LogP contribution >= 0.6 is 0 Å². The number of rotatable bonds is 5. The van der Waals surface area contributed by atoms with Gasteiger partial charge in [0.2, 0.25) is 0 Å². The zero-order valence-electron chi connectivity index (χ0n) is 11.2. The summed E-state index contributed by atoms with van der Waals surface area (Å²) in [6, 6.07) is 8.52. The molecule has 0 saturated carbocycles. The van der Waals surface area contributed by atoms with Crippen molar-refractivity contribution >= 4 is 12.0 Å². The van der Waals surface area contributed by atoms with Gasteiger partial charge in [0.25, 0.3) is 0 Å². The molecule has 4 nitrogen and oxygen atoms in total. The van der Waals surface area contributed by atoms with Crippen molar-refractivity contribution in [2.45, 2.75) is 13.5 Å². The Morgan fingerprint density at radius 1 is 1.45 bits per heavy atom. The van der Waals surface area contributed by atoms with Crippen LogP contribution in [0, 0.1) is 6.92 Å². The van der Waals surface area contributed by atoms with Crippen LogP contribution in [0.25, 0.3) is 6.08 Å². The van der Waals surface area contributed by atoms with Crippen LogP contribution in [0.4, 0.5) is 0 Å². The van der Waals surface area contributed by atoms with Crippen LogP contribution in [-0.2, 0) is 6.61 Å². The van der Waals surface area contributed by atoms with Gasteiger partial charge in [0, 0.05) is 11.8 Å². The van der Waals surface area contributed by atoms with E-state index in [0.717, 1.165) is 11.3 Å². The third-order valence-electron chi connectivity index (χ3n) is 2.96. The van der Waals surface area contributed by atoms with Crippen LogP contribution in [-0.4, -0.2) is 16.1 Å². The highest BCUT2D eigenvalue weighted by Crippen LogP contribution is 2.22. The number of aromatic carboxylic acids is 1. The number of ether oxygens (including phenoxy) is 1. The fourth-order valence-electron chi connectivity index (χ4n) is 1.79. The average Bonchev–Trinajstić information content (AvgIpc) is 2.46. The summed E-state index contributed by atoms with van der Waals surface area (Å²) in [6.07, 6.45) is 3.29. The monoisotopic (exact) mass is 269 g/mol. The van der Waals surface area contributed by atoms with Gasteiger partial charge >= 0.3 is 5.97 Å². The van der Waals surface area contributed by atoms with Crippen molar-refractivity contribution in [3.8, 4) is 5.75 Å². The Morgan fingerprint density at radius 3 is 2.90 bits per heavy atom. The molecule has 1 heterocycles. The smallest absolute Gasteiger partial charge is 0.335 e. The first kappa shape index (κ1) is 13.8. The highest BCUT2D eigenvalue weighted by molar-refractivity contribution is 5.88. The van der Waals surface area contributed by atoms with Crippen molar-refractivity contribution in [3.05, 3.63) is 65.5 Å². The quantitative estimate of drug-likeness (QED) is 0.904. The molecule has 0 unspecified atom stereocenters. The molecule has 0 fully saturated rings. The molecular formula is C16H15NO3. The normalized spacial score (nSPS) is 10.1. The van der Waals surface area contributed by atoms with E-state index < -0.39 is 5.97 Å². The van der Waals surface area contributed by atoms with Gasteiger partial charge in [-0.3, -0.25) is 4.98 Å². The van der Waals surface area contributed by atoms with Gasteiger partial charge in [-0.25, -0.2) is 4.79 Å². The highest BCUT2D eigenvalue weighted by atomic mass is 16.5. The minimum Gasteiger partial charge on any atom is -0.487 e. The summed E-state index contributed by atoms with van der Waals surface area (Å²) in [5.74, 6) is -0.379. The zero-order chi connectivity index (χ0) is 14.5. The first-order valence-corrected chi connectivity index (χ1v) is 6.15. The molecule has 1 aromatic heterocycles. The molecule has 4 heteroatoms. The van der Waals surface area contributed by atoms with Crippen molar-refractivity contribution in [2.24, 2.45) is 0 Å². The summed E-state index contributed by atoms with van der Waals surface area (Å²) in [5, 5.41) is 8.95. The second-order valence-corrected chi connectivity index (χ2v) is 4.32. The molecule has 1 N–H and O–H groups in total. The maximum absolute atomic E-state index is 10.9. The topological polar surface area (TPSA) is 59.4 Å². The maximum atomic E-state index is 10.9. The number of carboxylic acid groups (broad SMARTS) is 1. The second-order valence-electron chi connectivity index (χ2n) is 4.32. The SMILES string of the molecule is C=Cc1cc(C(=O)O)ccc1OCc1ncccc1C. The number of nitrogens with zero attached hydrogens (tertiary/aromatic N) is 1. The number of carboxylic acids is 1. The molecule has 0 spiro atoms. The van der Waals surface area contributed by atoms with Gasteiger partial charge in [-0.15, -0.1) is 0 Å². The summed E-state index contributed by atoms with van der Waals surface area (Å²) in [4.78, 5) is 15.2. The Kier molecular flexibility index (Phi) is 4.15. The van der Waals surface area contributed by atoms with E-state index in [-0.39, 0.29) is 5.56 Å². The van der Waals surface area contributed by atoms with Gasteiger partial charge in [-0.1, -0.05) is 18.7 Å². The van der Waals surface area contributed by atoms with E-state index in [1.165, 1.54) is 12.1 Å². The maximum Gasteiger partial charge on any atom is 0.335 e. The third kappa shape index (κ3) is 3.03. The van der Waals surface area contributed by atoms with Gasteiger partial charge in [-0.05, 0) is 36.8 Å². The molecule has 0 amide bonds. The van der Waals surface area contributed by atoms with E-state index in [4.69, 9.17) is 9.84 Å². The molecule has 102 valence electrons. The standard InChI is InChI=1S/C16H15NO3/c1-3-12-9-13(16(18)19)6-7-15(12)20-10-14-11(2)5-4-8-17-14/h3-9H,1,10H2,2H3,(H,18,19).